The highest BCUT2D eigenvalue weighted by molar-refractivity contribution is 7.80. The first-order valence-electron chi connectivity index (χ1n) is 2.76. The third-order valence-corrected chi connectivity index (χ3v) is 2.15. The van der Waals surface area contributed by atoms with Crippen molar-refractivity contribution in [2.75, 3.05) is 0 Å². The zero-order valence-corrected chi connectivity index (χ0v) is 6.76. The maximum absolute atomic E-state index is 7.18. The van der Waals surface area contributed by atoms with Gasteiger partial charge in [-0.15, -0.1) is 12.6 Å². The summed E-state index contributed by atoms with van der Waals surface area (Å²) in [6.45, 7) is 0. The number of benzene rings is 1. The number of halogens is 2. The minimum absolute atomic E-state index is 0.319. The number of thiol groups is 1. The molecule has 0 bridgehead atoms. The van der Waals surface area contributed by atoms with Crippen molar-refractivity contribution in [1.29, 1.82) is 0 Å². The van der Waals surface area contributed by atoms with Crippen molar-refractivity contribution in [1.82, 2.24) is 0 Å². The molecule has 0 heterocycles. The largest absolute Gasteiger partial charge is 0.142 e. The number of rotatable bonds is 0. The Morgan fingerprint density at radius 3 is 2.67 bits per heavy atom. The first kappa shape index (κ1) is 5.90. The average Bonchev–Trinajstić information content (AvgIpc) is 1.82. The number of hydrogen-bond donors (Lipinski definition) is 1. The monoisotopic (exact) mass is 179 g/mol. The van der Waals surface area contributed by atoms with E-state index in [9.17, 15) is 0 Å². The molecule has 9 heavy (non-hydrogen) atoms. The molecule has 1 aromatic rings. The van der Waals surface area contributed by atoms with Crippen LogP contribution in [0.2, 0.25) is 10.0 Å². The van der Waals surface area contributed by atoms with Gasteiger partial charge in [-0.2, -0.15) is 0 Å². The summed E-state index contributed by atoms with van der Waals surface area (Å²) in [4.78, 5) is 0.541. The van der Waals surface area contributed by atoms with E-state index in [1.54, 1.807) is 0 Å². The topological polar surface area (TPSA) is 0 Å². The highest BCUT2D eigenvalue weighted by Gasteiger charge is 1.97. The highest BCUT2D eigenvalue weighted by atomic mass is 35.5. The molecule has 1 aromatic carbocycles. The van der Waals surface area contributed by atoms with E-state index in [0.717, 1.165) is 0 Å². The van der Waals surface area contributed by atoms with Crippen LogP contribution >= 0.6 is 35.8 Å². The summed E-state index contributed by atoms with van der Waals surface area (Å²) in [7, 11) is 0. The maximum Gasteiger partial charge on any atom is 0.0725 e. The molecular weight excluding hydrogens is 175 g/mol. The van der Waals surface area contributed by atoms with Crippen LogP contribution in [0, 0.1) is 0 Å². The second kappa shape index (κ2) is 2.82. The number of hydrogen-bond acceptors (Lipinski definition) is 1. The van der Waals surface area contributed by atoms with Gasteiger partial charge in [0.2, 0.25) is 0 Å². The molecule has 0 aliphatic heterocycles. The molecule has 1 rings (SSSR count). The second-order valence-corrected chi connectivity index (χ2v) is 2.77. The smallest absolute Gasteiger partial charge is 0.0725 e. The second-order valence-electron chi connectivity index (χ2n) is 1.50. The Morgan fingerprint density at radius 2 is 2.11 bits per heavy atom. The van der Waals surface area contributed by atoms with Crippen LogP contribution in [0.15, 0.2) is 23.1 Å². The molecule has 0 atom stereocenters. The molecule has 0 radical (unpaired) electrons. The highest BCUT2D eigenvalue weighted by Crippen LogP contribution is 2.27. The van der Waals surface area contributed by atoms with Gasteiger partial charge in [-0.25, -0.2) is 0 Å². The predicted octanol–water partition coefficient (Wildman–Crippen LogP) is 3.28. The summed E-state index contributed by atoms with van der Waals surface area (Å²) in [6.07, 6.45) is 0. The summed E-state index contributed by atoms with van der Waals surface area (Å²) in [5.74, 6) is 0. The van der Waals surface area contributed by atoms with Crippen LogP contribution in [0.5, 0.6) is 0 Å². The van der Waals surface area contributed by atoms with Crippen molar-refractivity contribution < 1.29 is 1.37 Å². The van der Waals surface area contributed by atoms with Crippen LogP contribution in [0.25, 0.3) is 0 Å². The van der Waals surface area contributed by atoms with Crippen LogP contribution in [0.1, 0.15) is 1.37 Å². The van der Waals surface area contributed by atoms with Crippen molar-refractivity contribution in [2.24, 2.45) is 0 Å². The van der Waals surface area contributed by atoms with E-state index in [1.165, 1.54) is 12.1 Å². The van der Waals surface area contributed by atoms with E-state index >= 15 is 0 Å². The zero-order valence-electron chi connectivity index (χ0n) is 5.36. The van der Waals surface area contributed by atoms with E-state index in [-0.39, 0.29) is 0 Å². The van der Waals surface area contributed by atoms with E-state index in [2.05, 4.69) is 12.6 Å². The molecule has 0 saturated carbocycles. The fourth-order valence-corrected chi connectivity index (χ4v) is 0.978. The van der Waals surface area contributed by atoms with Gasteiger partial charge >= 0.3 is 0 Å². The maximum atomic E-state index is 7.18. The molecule has 0 amide bonds. The van der Waals surface area contributed by atoms with Gasteiger partial charge in [0.15, 0.2) is 0 Å². The normalized spacial score (nSPS) is 11.2. The lowest BCUT2D eigenvalue weighted by Crippen LogP contribution is -1.68. The molecule has 0 fully saturated rings. The molecule has 0 nitrogen and oxygen atoms in total. The van der Waals surface area contributed by atoms with Gasteiger partial charge < -0.3 is 0 Å². The first-order chi connectivity index (χ1) is 4.61. The lowest BCUT2D eigenvalue weighted by molar-refractivity contribution is 1.48. The summed E-state index contributed by atoms with van der Waals surface area (Å²) < 4.78 is 7.18. The quantitative estimate of drug-likeness (QED) is 0.582. The van der Waals surface area contributed by atoms with Crippen LogP contribution in [0.3, 0.4) is 0 Å². The molecular formula is C6H4Cl2S. The van der Waals surface area contributed by atoms with Gasteiger partial charge in [0.25, 0.3) is 0 Å². The van der Waals surface area contributed by atoms with Gasteiger partial charge in [-0.3, -0.25) is 0 Å². The molecule has 0 saturated heterocycles. The Labute approximate surface area is 70.6 Å². The van der Waals surface area contributed by atoms with Crippen molar-refractivity contribution in [3.63, 3.8) is 0 Å². The first-order valence-corrected chi connectivity index (χ1v) is 3.46. The fraction of sp³-hybridized carbons (Fsp3) is 0. The van der Waals surface area contributed by atoms with Crippen LogP contribution in [-0.4, -0.2) is 0 Å². The van der Waals surface area contributed by atoms with Gasteiger partial charge in [0.05, 0.1) is 11.4 Å². The van der Waals surface area contributed by atoms with Gasteiger partial charge in [0, 0.05) is 4.90 Å². The van der Waals surface area contributed by atoms with Crippen molar-refractivity contribution in [3.8, 4) is 0 Å². The van der Waals surface area contributed by atoms with Crippen molar-refractivity contribution >= 4 is 35.8 Å². The molecule has 48 valence electrons. The molecule has 0 aliphatic carbocycles. The zero-order chi connectivity index (χ0) is 7.72. The summed E-state index contributed by atoms with van der Waals surface area (Å²) >= 11 is 15.3. The SMILES string of the molecule is [2H]c1cc(S)c(Cl)c(Cl)c1. The Bertz CT molecular complexity index is 239. The van der Waals surface area contributed by atoms with Crippen LogP contribution in [-0.2, 0) is 0 Å². The van der Waals surface area contributed by atoms with Gasteiger partial charge in [-0.1, -0.05) is 29.2 Å². The van der Waals surface area contributed by atoms with E-state index in [1.807, 2.05) is 0 Å². The van der Waals surface area contributed by atoms with E-state index in [0.29, 0.717) is 21.0 Å². The molecule has 0 spiro atoms. The average molecular weight is 180 g/mol. The predicted molar refractivity (Wildman–Crippen MR) is 43.7 cm³/mol. The Balaban J connectivity index is 3.31. The van der Waals surface area contributed by atoms with E-state index < -0.39 is 0 Å². The molecule has 3 heteroatoms. The summed E-state index contributed by atoms with van der Waals surface area (Å²) in [6, 6.07) is 3.33. The summed E-state index contributed by atoms with van der Waals surface area (Å²) in [5, 5.41) is 0.778. The van der Waals surface area contributed by atoms with Crippen LogP contribution in [0.4, 0.5) is 0 Å². The standard InChI is InChI=1S/C6H4Cl2S/c7-4-2-1-3-5(9)6(4)8/h1-3,9H/i1D. The minimum Gasteiger partial charge on any atom is -0.142 e. The van der Waals surface area contributed by atoms with E-state index in [4.69, 9.17) is 24.6 Å². The summed E-state index contributed by atoms with van der Waals surface area (Å²) in [5.41, 5.74) is 0. The molecule has 0 N–H and O–H groups in total. The van der Waals surface area contributed by atoms with Crippen LogP contribution < -0.4 is 0 Å². The lowest BCUT2D eigenvalue weighted by Gasteiger charge is -1.95. The fourth-order valence-electron chi connectivity index (χ4n) is 0.443. The van der Waals surface area contributed by atoms with Crippen molar-refractivity contribution in [2.45, 2.75) is 4.90 Å². The Morgan fingerprint density at radius 1 is 1.44 bits per heavy atom. The molecule has 0 unspecified atom stereocenters. The third-order valence-electron chi connectivity index (χ3n) is 0.865. The van der Waals surface area contributed by atoms with Gasteiger partial charge in [-0.05, 0) is 12.1 Å². The lowest BCUT2D eigenvalue weighted by atomic mass is 10.4. The Hall–Kier alpha value is 0.150. The third kappa shape index (κ3) is 1.54. The Kier molecular flexibility index (Phi) is 1.85. The van der Waals surface area contributed by atoms with Gasteiger partial charge in [0.1, 0.15) is 0 Å². The minimum atomic E-state index is 0.319. The van der Waals surface area contributed by atoms with Crippen molar-refractivity contribution in [3.05, 3.63) is 28.2 Å². The molecule has 0 aromatic heterocycles. The molecule has 0 aliphatic rings.